The lowest BCUT2D eigenvalue weighted by Crippen LogP contribution is -2.50. The molecule has 216 valence electrons. The van der Waals surface area contributed by atoms with Gasteiger partial charge < -0.3 is 19.6 Å². The number of rotatable bonds is 12. The molecule has 0 fully saturated rings. The molecule has 5 rings (SSSR count). The molecule has 0 aliphatic carbocycles. The number of furan rings is 1. The summed E-state index contributed by atoms with van der Waals surface area (Å²) in [4.78, 5) is 13.4. The number of aliphatic hydroxyl groups is 1. The van der Waals surface area contributed by atoms with Gasteiger partial charge in [0.05, 0.1) is 30.4 Å². The number of sulfonamides is 1. The number of hydrogen-bond acceptors (Lipinski definition) is 6. The minimum absolute atomic E-state index is 0.0284. The zero-order valence-corrected chi connectivity index (χ0v) is 23.9. The molecule has 2 N–H and O–H groups in total. The van der Waals surface area contributed by atoms with Crippen LogP contribution in [0.5, 0.6) is 5.75 Å². The largest absolute Gasteiger partial charge is 0.497 e. The van der Waals surface area contributed by atoms with E-state index in [1.54, 1.807) is 42.7 Å². The molecular weight excluding hydrogens is 552 g/mol. The van der Waals surface area contributed by atoms with Crippen molar-refractivity contribution in [3.05, 3.63) is 132 Å². The molecule has 1 aromatic heterocycles. The summed E-state index contributed by atoms with van der Waals surface area (Å²) in [5.74, 6) is 0.0171. The molecule has 0 bridgehead atoms. The van der Waals surface area contributed by atoms with Gasteiger partial charge in [0, 0.05) is 30.1 Å². The van der Waals surface area contributed by atoms with Crippen LogP contribution in [-0.2, 0) is 23.0 Å². The molecule has 5 aromatic rings. The number of amides is 1. The maximum absolute atomic E-state index is 13.9. The summed E-state index contributed by atoms with van der Waals surface area (Å²) in [6.45, 7) is -0.229. The first-order valence-electron chi connectivity index (χ1n) is 13.5. The molecule has 0 saturated carbocycles. The Balaban J connectivity index is 1.45. The Labute approximate surface area is 245 Å². The Hall–Kier alpha value is -4.44. The van der Waals surface area contributed by atoms with Crippen molar-refractivity contribution >= 4 is 26.9 Å². The van der Waals surface area contributed by atoms with E-state index in [4.69, 9.17) is 9.15 Å². The van der Waals surface area contributed by atoms with Crippen molar-refractivity contribution in [3.8, 4) is 5.75 Å². The number of ether oxygens (including phenoxy) is 1. The fourth-order valence-electron chi connectivity index (χ4n) is 4.79. The third-order valence-corrected chi connectivity index (χ3v) is 8.87. The van der Waals surface area contributed by atoms with Crippen molar-refractivity contribution in [2.24, 2.45) is 0 Å². The molecule has 4 aromatic carbocycles. The Morgan fingerprint density at radius 3 is 2.33 bits per heavy atom. The third-order valence-electron chi connectivity index (χ3n) is 7.07. The number of carbonyl (C=O) groups is 1. The first kappa shape index (κ1) is 29.1. The number of fused-ring (bicyclic) bond motifs is 1. The number of hydrogen-bond donors (Lipinski definition) is 2. The second-order valence-corrected chi connectivity index (χ2v) is 11.9. The summed E-state index contributed by atoms with van der Waals surface area (Å²) in [5.41, 5.74) is 2.71. The Morgan fingerprint density at radius 1 is 0.905 bits per heavy atom. The standard InChI is InChI=1S/C33H32N2O6S/c1-40-28-13-8-14-29(21-28)42(38,39)35(22-25-11-6-3-7-12-25)23-31(36)30(19-24-9-4-2-5-10-24)34-33(37)27-15-16-32-26(20-27)17-18-41-32/h2-18,20-21,30-31,36H,19,22-23H2,1H3,(H,34,37)/t30-,31+/m0/s1. The highest BCUT2D eigenvalue weighted by molar-refractivity contribution is 7.89. The summed E-state index contributed by atoms with van der Waals surface area (Å²) in [7, 11) is -2.59. The zero-order chi connectivity index (χ0) is 29.5. The van der Waals surface area contributed by atoms with E-state index >= 15 is 0 Å². The number of methoxy groups -OCH3 is 1. The van der Waals surface area contributed by atoms with Crippen LogP contribution in [0.15, 0.2) is 125 Å². The van der Waals surface area contributed by atoms with Gasteiger partial charge in [0.15, 0.2) is 0 Å². The van der Waals surface area contributed by atoms with Gasteiger partial charge in [0.1, 0.15) is 11.3 Å². The minimum atomic E-state index is -4.06. The fourth-order valence-corrected chi connectivity index (χ4v) is 6.27. The second kappa shape index (κ2) is 13.0. The molecule has 1 heterocycles. The SMILES string of the molecule is COc1cccc(S(=O)(=O)N(Cc2ccccc2)C[C@@H](O)[C@H](Cc2ccccc2)NC(=O)c2ccc3occc3c2)c1. The number of aliphatic hydroxyl groups excluding tert-OH is 1. The van der Waals surface area contributed by atoms with Gasteiger partial charge in [-0.3, -0.25) is 4.79 Å². The van der Waals surface area contributed by atoms with Crippen molar-refractivity contribution < 1.29 is 27.5 Å². The number of nitrogens with zero attached hydrogens (tertiary/aromatic N) is 1. The maximum atomic E-state index is 13.9. The van der Waals surface area contributed by atoms with Crippen LogP contribution in [0.4, 0.5) is 0 Å². The van der Waals surface area contributed by atoms with E-state index < -0.39 is 22.2 Å². The van der Waals surface area contributed by atoms with E-state index in [0.29, 0.717) is 23.3 Å². The fraction of sp³-hybridized carbons (Fsp3) is 0.182. The zero-order valence-electron chi connectivity index (χ0n) is 23.1. The van der Waals surface area contributed by atoms with Crippen LogP contribution in [0.25, 0.3) is 11.0 Å². The van der Waals surface area contributed by atoms with Crippen LogP contribution < -0.4 is 10.1 Å². The molecule has 0 aliphatic heterocycles. The second-order valence-electron chi connectivity index (χ2n) is 9.97. The highest BCUT2D eigenvalue weighted by atomic mass is 32.2. The van der Waals surface area contributed by atoms with Gasteiger partial charge in [-0.05, 0) is 53.9 Å². The smallest absolute Gasteiger partial charge is 0.251 e. The monoisotopic (exact) mass is 584 g/mol. The Bertz CT molecular complexity index is 1740. The molecule has 0 unspecified atom stereocenters. The summed E-state index contributed by atoms with van der Waals surface area (Å²) in [6.07, 6.45) is 0.606. The van der Waals surface area contributed by atoms with Gasteiger partial charge >= 0.3 is 0 Å². The van der Waals surface area contributed by atoms with Crippen molar-refractivity contribution in [2.45, 2.75) is 30.0 Å². The van der Waals surface area contributed by atoms with Crippen LogP contribution in [0.2, 0.25) is 0 Å². The third kappa shape index (κ3) is 6.88. The predicted octanol–water partition coefficient (Wildman–Crippen LogP) is 5.03. The van der Waals surface area contributed by atoms with Gasteiger partial charge in [-0.2, -0.15) is 4.31 Å². The lowest BCUT2D eigenvalue weighted by molar-refractivity contribution is 0.0779. The van der Waals surface area contributed by atoms with Crippen LogP contribution in [0.3, 0.4) is 0 Å². The first-order valence-corrected chi connectivity index (χ1v) is 15.0. The average molecular weight is 585 g/mol. The maximum Gasteiger partial charge on any atom is 0.251 e. The van der Waals surface area contributed by atoms with Crippen molar-refractivity contribution in [1.82, 2.24) is 9.62 Å². The van der Waals surface area contributed by atoms with E-state index in [1.807, 2.05) is 60.7 Å². The molecule has 9 heteroatoms. The minimum Gasteiger partial charge on any atom is -0.497 e. The normalized spacial score (nSPS) is 13.1. The molecule has 0 radical (unpaired) electrons. The van der Waals surface area contributed by atoms with Crippen LogP contribution in [0.1, 0.15) is 21.5 Å². The highest BCUT2D eigenvalue weighted by Gasteiger charge is 2.31. The van der Waals surface area contributed by atoms with Crippen LogP contribution in [0, 0.1) is 0 Å². The lowest BCUT2D eigenvalue weighted by atomic mass is 10.00. The van der Waals surface area contributed by atoms with Gasteiger partial charge in [0.2, 0.25) is 10.0 Å². The summed E-state index contributed by atoms with van der Waals surface area (Å²) in [5, 5.41) is 15.3. The molecule has 0 saturated heterocycles. The van der Waals surface area contributed by atoms with Gasteiger partial charge in [-0.1, -0.05) is 66.7 Å². The van der Waals surface area contributed by atoms with Crippen molar-refractivity contribution in [1.29, 1.82) is 0 Å². The van der Waals surface area contributed by atoms with E-state index in [9.17, 15) is 18.3 Å². The Morgan fingerprint density at radius 2 is 1.62 bits per heavy atom. The summed E-state index contributed by atoms with van der Waals surface area (Å²) in [6, 6.07) is 30.9. The van der Waals surface area contributed by atoms with E-state index in [-0.39, 0.29) is 23.9 Å². The molecular formula is C33H32N2O6S. The molecule has 8 nitrogen and oxygen atoms in total. The molecule has 0 spiro atoms. The molecule has 0 aliphatic rings. The molecule has 42 heavy (non-hydrogen) atoms. The van der Waals surface area contributed by atoms with Gasteiger partial charge in [-0.25, -0.2) is 8.42 Å². The van der Waals surface area contributed by atoms with Crippen molar-refractivity contribution in [2.75, 3.05) is 13.7 Å². The van der Waals surface area contributed by atoms with Crippen LogP contribution in [-0.4, -0.2) is 49.5 Å². The lowest BCUT2D eigenvalue weighted by Gasteiger charge is -2.30. The number of benzene rings is 4. The topological polar surface area (TPSA) is 109 Å². The predicted molar refractivity (Wildman–Crippen MR) is 161 cm³/mol. The quantitative estimate of drug-likeness (QED) is 0.213. The van der Waals surface area contributed by atoms with E-state index in [2.05, 4.69) is 5.32 Å². The first-order chi connectivity index (χ1) is 20.3. The van der Waals surface area contributed by atoms with Crippen molar-refractivity contribution in [3.63, 3.8) is 0 Å². The van der Waals surface area contributed by atoms with E-state index in [1.165, 1.54) is 23.5 Å². The molecule has 2 atom stereocenters. The number of nitrogens with one attached hydrogen (secondary N) is 1. The van der Waals surface area contributed by atoms with Gasteiger partial charge in [-0.15, -0.1) is 0 Å². The van der Waals surface area contributed by atoms with E-state index in [0.717, 1.165) is 16.5 Å². The molecule has 1 amide bonds. The average Bonchev–Trinajstić information content (AvgIpc) is 3.49. The van der Waals surface area contributed by atoms with Gasteiger partial charge in [0.25, 0.3) is 5.91 Å². The highest BCUT2D eigenvalue weighted by Crippen LogP contribution is 2.24. The van der Waals surface area contributed by atoms with Crippen LogP contribution >= 0.6 is 0 Å². The summed E-state index contributed by atoms with van der Waals surface area (Å²) >= 11 is 0. The Kier molecular flexibility index (Phi) is 9.02. The number of carbonyl (C=O) groups excluding carboxylic acids is 1. The summed E-state index contributed by atoms with van der Waals surface area (Å²) < 4.78 is 39.7.